The molecule has 7 heteroatoms. The van der Waals surface area contributed by atoms with Crippen LogP contribution in [0.2, 0.25) is 0 Å². The maximum Gasteiger partial charge on any atom is 0.431 e. The van der Waals surface area contributed by atoms with E-state index < -0.39 is 17.1 Å². The molecule has 1 aromatic rings. The Kier molecular flexibility index (Phi) is 3.78. The van der Waals surface area contributed by atoms with E-state index >= 15 is 0 Å². The number of amides is 1. The number of carbonyl (C=O) groups is 1. The second-order valence-corrected chi connectivity index (χ2v) is 3.01. The fourth-order valence-electron chi connectivity index (χ4n) is 1.15. The zero-order valence-electron chi connectivity index (χ0n) is 8.41. The lowest BCUT2D eigenvalue weighted by Gasteiger charge is -2.12. The van der Waals surface area contributed by atoms with Crippen LogP contribution in [0.3, 0.4) is 0 Å². The van der Waals surface area contributed by atoms with Crippen LogP contribution in [0.1, 0.15) is 18.6 Å². The number of non-ortho nitro benzene ring substituents is 1. The molecule has 1 atom stereocenters. The average Bonchev–Trinajstić information content (AvgIpc) is 2.28. The van der Waals surface area contributed by atoms with Crippen LogP contribution < -0.4 is 5.48 Å². The number of hydrogen-bond acceptors (Lipinski definition) is 5. The molecule has 0 aliphatic rings. The molecule has 0 spiro atoms. The van der Waals surface area contributed by atoms with Gasteiger partial charge in [-0.3, -0.25) is 15.3 Å². The highest BCUT2D eigenvalue weighted by Gasteiger charge is 2.14. The molecule has 1 rings (SSSR count). The Morgan fingerprint density at radius 3 is 2.88 bits per heavy atom. The standard InChI is InChI=1S/C9H10N2O5/c1-6(16-9(12)10-13)7-3-2-4-8(5-7)11(14)15/h2-6,13H,1H3,(H,10,12). The van der Waals surface area contributed by atoms with Crippen molar-refractivity contribution in [1.82, 2.24) is 5.48 Å². The van der Waals surface area contributed by atoms with E-state index in [0.717, 1.165) is 0 Å². The first-order valence-corrected chi connectivity index (χ1v) is 4.39. The van der Waals surface area contributed by atoms with E-state index in [1.165, 1.54) is 30.6 Å². The zero-order valence-corrected chi connectivity index (χ0v) is 8.41. The number of hydrogen-bond donors (Lipinski definition) is 2. The third-order valence-electron chi connectivity index (χ3n) is 1.93. The summed E-state index contributed by atoms with van der Waals surface area (Å²) in [6.07, 6.45) is -1.70. The Labute approximate surface area is 90.8 Å². The highest BCUT2D eigenvalue weighted by molar-refractivity contribution is 5.65. The van der Waals surface area contributed by atoms with Gasteiger partial charge in [-0.2, -0.15) is 0 Å². The Bertz CT molecular complexity index is 407. The monoisotopic (exact) mass is 226 g/mol. The number of nitrogens with one attached hydrogen (secondary N) is 1. The van der Waals surface area contributed by atoms with Gasteiger partial charge in [0.05, 0.1) is 4.92 Å². The van der Waals surface area contributed by atoms with E-state index in [9.17, 15) is 14.9 Å². The number of benzene rings is 1. The second-order valence-electron chi connectivity index (χ2n) is 3.01. The molecule has 0 saturated heterocycles. The molecule has 0 radical (unpaired) electrons. The van der Waals surface area contributed by atoms with Crippen LogP contribution in [0.15, 0.2) is 24.3 Å². The molecule has 0 saturated carbocycles. The van der Waals surface area contributed by atoms with E-state index in [1.807, 2.05) is 0 Å². The lowest BCUT2D eigenvalue weighted by molar-refractivity contribution is -0.385. The summed E-state index contributed by atoms with van der Waals surface area (Å²) in [7, 11) is 0. The fraction of sp³-hybridized carbons (Fsp3) is 0.222. The SMILES string of the molecule is CC(OC(=O)NO)c1cccc([N+](=O)[O-])c1. The van der Waals surface area contributed by atoms with Gasteiger partial charge in [-0.05, 0) is 12.5 Å². The molecule has 1 amide bonds. The number of ether oxygens (including phenoxy) is 1. The van der Waals surface area contributed by atoms with E-state index in [-0.39, 0.29) is 5.69 Å². The lowest BCUT2D eigenvalue weighted by atomic mass is 10.1. The largest absolute Gasteiger partial charge is 0.440 e. The summed E-state index contributed by atoms with van der Waals surface area (Å²) in [6, 6.07) is 5.71. The van der Waals surface area contributed by atoms with Crippen LogP contribution >= 0.6 is 0 Å². The summed E-state index contributed by atoms with van der Waals surface area (Å²) >= 11 is 0. The molecule has 0 aromatic heterocycles. The predicted molar refractivity (Wildman–Crippen MR) is 52.9 cm³/mol. The van der Waals surface area contributed by atoms with Gasteiger partial charge in [0.15, 0.2) is 0 Å². The summed E-state index contributed by atoms with van der Waals surface area (Å²) in [5.41, 5.74) is 1.69. The minimum atomic E-state index is -1.01. The van der Waals surface area contributed by atoms with E-state index in [2.05, 4.69) is 0 Å². The van der Waals surface area contributed by atoms with Gasteiger partial charge in [0, 0.05) is 12.1 Å². The predicted octanol–water partition coefficient (Wildman–Crippen LogP) is 1.77. The molecule has 0 fully saturated rings. The van der Waals surface area contributed by atoms with Crippen molar-refractivity contribution in [3.8, 4) is 0 Å². The molecular weight excluding hydrogens is 216 g/mol. The molecule has 1 aromatic carbocycles. The molecule has 0 bridgehead atoms. The maximum atomic E-state index is 10.7. The Balaban J connectivity index is 2.83. The quantitative estimate of drug-likeness (QED) is 0.464. The summed E-state index contributed by atoms with van der Waals surface area (Å²) in [4.78, 5) is 20.7. The first-order valence-electron chi connectivity index (χ1n) is 4.39. The Morgan fingerprint density at radius 1 is 1.62 bits per heavy atom. The van der Waals surface area contributed by atoms with Gasteiger partial charge in [0.2, 0.25) is 0 Å². The normalized spacial score (nSPS) is 11.6. The molecule has 0 heterocycles. The first kappa shape index (κ1) is 11.9. The number of rotatable bonds is 3. The smallest absolute Gasteiger partial charge is 0.431 e. The molecule has 0 aliphatic carbocycles. The number of nitro benzene ring substituents is 1. The van der Waals surface area contributed by atoms with Crippen LogP contribution in [-0.2, 0) is 4.74 Å². The van der Waals surface area contributed by atoms with Gasteiger partial charge in [-0.1, -0.05) is 12.1 Å². The summed E-state index contributed by atoms with van der Waals surface area (Å²) in [5.74, 6) is 0. The van der Waals surface area contributed by atoms with Crippen molar-refractivity contribution >= 4 is 11.8 Å². The van der Waals surface area contributed by atoms with Crippen LogP contribution in [0.5, 0.6) is 0 Å². The van der Waals surface area contributed by atoms with Gasteiger partial charge in [0.1, 0.15) is 6.10 Å². The van der Waals surface area contributed by atoms with Gasteiger partial charge in [-0.15, -0.1) is 0 Å². The van der Waals surface area contributed by atoms with Crippen molar-refractivity contribution in [3.63, 3.8) is 0 Å². The van der Waals surface area contributed by atoms with Gasteiger partial charge >= 0.3 is 6.09 Å². The fourth-order valence-corrected chi connectivity index (χ4v) is 1.15. The van der Waals surface area contributed by atoms with Gasteiger partial charge < -0.3 is 4.74 Å². The third-order valence-corrected chi connectivity index (χ3v) is 1.93. The third kappa shape index (κ3) is 2.92. The summed E-state index contributed by atoms with van der Waals surface area (Å²) in [5, 5.41) is 18.7. The van der Waals surface area contributed by atoms with Crippen molar-refractivity contribution in [2.24, 2.45) is 0 Å². The van der Waals surface area contributed by atoms with Crippen LogP contribution in [0.4, 0.5) is 10.5 Å². The minimum absolute atomic E-state index is 0.0858. The second kappa shape index (κ2) is 5.08. The molecule has 2 N–H and O–H groups in total. The summed E-state index contributed by atoms with van der Waals surface area (Å²) in [6.45, 7) is 1.54. The van der Waals surface area contributed by atoms with Crippen LogP contribution in [-0.4, -0.2) is 16.2 Å². The van der Waals surface area contributed by atoms with Gasteiger partial charge in [0.25, 0.3) is 5.69 Å². The van der Waals surface area contributed by atoms with Crippen molar-refractivity contribution in [2.75, 3.05) is 0 Å². The lowest BCUT2D eigenvalue weighted by Crippen LogP contribution is -2.21. The molecule has 16 heavy (non-hydrogen) atoms. The first-order chi connectivity index (χ1) is 7.54. The molecule has 7 nitrogen and oxygen atoms in total. The van der Waals surface area contributed by atoms with Crippen LogP contribution in [0.25, 0.3) is 0 Å². The molecule has 1 unspecified atom stereocenters. The average molecular weight is 226 g/mol. The highest BCUT2D eigenvalue weighted by atomic mass is 16.6. The minimum Gasteiger partial charge on any atom is -0.440 e. The Hall–Kier alpha value is -2.15. The van der Waals surface area contributed by atoms with Crippen molar-refractivity contribution in [3.05, 3.63) is 39.9 Å². The molecule has 86 valence electrons. The topological polar surface area (TPSA) is 102 Å². The zero-order chi connectivity index (χ0) is 12.1. The maximum absolute atomic E-state index is 10.7. The van der Waals surface area contributed by atoms with Gasteiger partial charge in [-0.25, -0.2) is 10.3 Å². The van der Waals surface area contributed by atoms with Crippen LogP contribution in [0, 0.1) is 10.1 Å². The molecule has 0 aliphatic heterocycles. The summed E-state index contributed by atoms with van der Waals surface area (Å²) < 4.78 is 4.70. The van der Waals surface area contributed by atoms with E-state index in [4.69, 9.17) is 9.94 Å². The van der Waals surface area contributed by atoms with E-state index in [0.29, 0.717) is 5.56 Å². The molecular formula is C9H10N2O5. The van der Waals surface area contributed by atoms with E-state index in [1.54, 1.807) is 6.07 Å². The van der Waals surface area contributed by atoms with Crippen molar-refractivity contribution in [2.45, 2.75) is 13.0 Å². The van der Waals surface area contributed by atoms with Crippen molar-refractivity contribution in [1.29, 1.82) is 0 Å². The van der Waals surface area contributed by atoms with Crippen molar-refractivity contribution < 1.29 is 19.7 Å². The Morgan fingerprint density at radius 2 is 2.31 bits per heavy atom. The number of nitro groups is 1. The number of carbonyl (C=O) groups excluding carboxylic acids is 1. The highest BCUT2D eigenvalue weighted by Crippen LogP contribution is 2.21. The number of nitrogens with zero attached hydrogens (tertiary/aromatic N) is 1. The number of hydroxylamine groups is 1.